The van der Waals surface area contributed by atoms with Crippen molar-refractivity contribution in [3.05, 3.63) is 0 Å². The molecule has 1 aliphatic rings. The lowest BCUT2D eigenvalue weighted by atomic mass is 10.2. The number of nitrogens with one attached hydrogen (secondary N) is 1. The van der Waals surface area contributed by atoms with E-state index in [1.807, 2.05) is 4.90 Å². The molecule has 1 N–H and O–H groups in total. The first kappa shape index (κ1) is 13.0. The summed E-state index contributed by atoms with van der Waals surface area (Å²) in [5, 5.41) is 3.13. The van der Waals surface area contributed by atoms with Crippen molar-refractivity contribution in [2.45, 2.75) is 13.8 Å². The molecule has 0 radical (unpaired) electrons. The van der Waals surface area contributed by atoms with Crippen molar-refractivity contribution in [2.24, 2.45) is 5.92 Å². The van der Waals surface area contributed by atoms with Crippen LogP contribution in [-0.4, -0.2) is 61.4 Å². The second-order valence-electron chi connectivity index (χ2n) is 4.55. The summed E-state index contributed by atoms with van der Waals surface area (Å²) >= 11 is 0. The smallest absolute Gasteiger partial charge is 0.236 e. The van der Waals surface area contributed by atoms with Crippen molar-refractivity contribution < 1.29 is 9.59 Å². The van der Waals surface area contributed by atoms with Crippen LogP contribution >= 0.6 is 0 Å². The minimum absolute atomic E-state index is 0.131. The molecule has 1 aliphatic heterocycles. The van der Waals surface area contributed by atoms with E-state index in [0.717, 1.165) is 13.0 Å². The molecular formula is C11H21N3O2. The Bertz CT molecular complexity index is 235. The minimum atomic E-state index is 0.131. The van der Waals surface area contributed by atoms with Gasteiger partial charge in [0.05, 0.1) is 6.54 Å². The van der Waals surface area contributed by atoms with Crippen LogP contribution in [0.3, 0.4) is 0 Å². The van der Waals surface area contributed by atoms with Gasteiger partial charge in [0.2, 0.25) is 12.3 Å². The maximum atomic E-state index is 11.7. The van der Waals surface area contributed by atoms with Crippen molar-refractivity contribution in [3.8, 4) is 0 Å². The maximum absolute atomic E-state index is 11.7. The molecule has 1 fully saturated rings. The highest BCUT2D eigenvalue weighted by atomic mass is 16.2. The van der Waals surface area contributed by atoms with Crippen LogP contribution in [0.4, 0.5) is 0 Å². The fourth-order valence-electron chi connectivity index (χ4n) is 1.66. The summed E-state index contributed by atoms with van der Waals surface area (Å²) in [5.74, 6) is 0.686. The Morgan fingerprint density at radius 3 is 2.44 bits per heavy atom. The van der Waals surface area contributed by atoms with Crippen molar-refractivity contribution >= 4 is 12.3 Å². The van der Waals surface area contributed by atoms with E-state index in [-0.39, 0.29) is 5.91 Å². The molecule has 0 aliphatic carbocycles. The number of piperazine rings is 1. The highest BCUT2D eigenvalue weighted by Gasteiger charge is 2.19. The highest BCUT2D eigenvalue weighted by molar-refractivity contribution is 5.78. The second-order valence-corrected chi connectivity index (χ2v) is 4.55. The van der Waals surface area contributed by atoms with Gasteiger partial charge in [-0.05, 0) is 12.5 Å². The first-order valence-electron chi connectivity index (χ1n) is 5.81. The summed E-state index contributed by atoms with van der Waals surface area (Å²) in [6, 6.07) is 0. The molecule has 0 saturated carbocycles. The van der Waals surface area contributed by atoms with Gasteiger partial charge in [0, 0.05) is 26.2 Å². The van der Waals surface area contributed by atoms with Gasteiger partial charge >= 0.3 is 0 Å². The van der Waals surface area contributed by atoms with Crippen LogP contribution in [0.15, 0.2) is 0 Å². The van der Waals surface area contributed by atoms with Gasteiger partial charge in [-0.25, -0.2) is 0 Å². The predicted octanol–water partition coefficient (Wildman–Crippen LogP) is -0.467. The van der Waals surface area contributed by atoms with Crippen LogP contribution in [-0.2, 0) is 9.59 Å². The summed E-state index contributed by atoms with van der Waals surface area (Å²) in [5.41, 5.74) is 0. The number of hydrogen-bond donors (Lipinski definition) is 1. The van der Waals surface area contributed by atoms with E-state index in [2.05, 4.69) is 19.2 Å². The van der Waals surface area contributed by atoms with Gasteiger partial charge in [0.15, 0.2) is 0 Å². The number of rotatable bonds is 5. The van der Waals surface area contributed by atoms with E-state index in [4.69, 9.17) is 0 Å². The Morgan fingerprint density at radius 1 is 1.31 bits per heavy atom. The van der Waals surface area contributed by atoms with E-state index in [1.54, 1.807) is 4.90 Å². The zero-order valence-electron chi connectivity index (χ0n) is 10.1. The van der Waals surface area contributed by atoms with Crippen molar-refractivity contribution in [3.63, 3.8) is 0 Å². The SMILES string of the molecule is CC(C)CNCC(=O)N1CCN(C=O)CC1. The molecule has 0 bridgehead atoms. The molecule has 2 amide bonds. The zero-order chi connectivity index (χ0) is 12.0. The summed E-state index contributed by atoms with van der Waals surface area (Å²) in [4.78, 5) is 25.7. The first-order valence-corrected chi connectivity index (χ1v) is 5.81. The minimum Gasteiger partial charge on any atom is -0.342 e. The Hall–Kier alpha value is -1.10. The van der Waals surface area contributed by atoms with E-state index in [9.17, 15) is 9.59 Å². The Morgan fingerprint density at radius 2 is 1.94 bits per heavy atom. The van der Waals surface area contributed by atoms with Crippen LogP contribution in [0.2, 0.25) is 0 Å². The lowest BCUT2D eigenvalue weighted by Gasteiger charge is -2.32. The van der Waals surface area contributed by atoms with Crippen molar-refractivity contribution in [1.82, 2.24) is 15.1 Å². The molecule has 0 aromatic heterocycles. The third-order valence-electron chi connectivity index (χ3n) is 2.64. The van der Waals surface area contributed by atoms with E-state index in [0.29, 0.717) is 38.6 Å². The molecule has 5 nitrogen and oxygen atoms in total. The summed E-state index contributed by atoms with van der Waals surface area (Å²) in [6.07, 6.45) is 0.846. The number of amides is 2. The van der Waals surface area contributed by atoms with Gasteiger partial charge in [0.25, 0.3) is 0 Å². The van der Waals surface area contributed by atoms with Crippen LogP contribution in [0.25, 0.3) is 0 Å². The largest absolute Gasteiger partial charge is 0.342 e. The molecule has 0 aromatic rings. The molecule has 0 spiro atoms. The zero-order valence-corrected chi connectivity index (χ0v) is 10.1. The van der Waals surface area contributed by atoms with Crippen LogP contribution < -0.4 is 5.32 Å². The quantitative estimate of drug-likeness (QED) is 0.646. The van der Waals surface area contributed by atoms with Gasteiger partial charge in [-0.15, -0.1) is 0 Å². The third kappa shape index (κ3) is 4.18. The number of nitrogens with zero attached hydrogens (tertiary/aromatic N) is 2. The highest BCUT2D eigenvalue weighted by Crippen LogP contribution is 1.99. The third-order valence-corrected chi connectivity index (χ3v) is 2.64. The normalized spacial score (nSPS) is 16.7. The average Bonchev–Trinajstić information content (AvgIpc) is 2.28. The Kier molecular flexibility index (Phi) is 5.25. The van der Waals surface area contributed by atoms with E-state index < -0.39 is 0 Å². The second kappa shape index (κ2) is 6.48. The van der Waals surface area contributed by atoms with Gasteiger partial charge in [0.1, 0.15) is 0 Å². The molecule has 0 aromatic carbocycles. The number of carbonyl (C=O) groups excluding carboxylic acids is 2. The topological polar surface area (TPSA) is 52.7 Å². The molecule has 1 heterocycles. The Labute approximate surface area is 96.8 Å². The lowest BCUT2D eigenvalue weighted by Crippen LogP contribution is -2.50. The number of carbonyl (C=O) groups is 2. The van der Waals surface area contributed by atoms with Crippen molar-refractivity contribution in [1.29, 1.82) is 0 Å². The first-order chi connectivity index (χ1) is 7.63. The van der Waals surface area contributed by atoms with Gasteiger partial charge < -0.3 is 15.1 Å². The van der Waals surface area contributed by atoms with E-state index >= 15 is 0 Å². The average molecular weight is 227 g/mol. The van der Waals surface area contributed by atoms with Crippen LogP contribution in [0.1, 0.15) is 13.8 Å². The van der Waals surface area contributed by atoms with Crippen LogP contribution in [0, 0.1) is 5.92 Å². The molecule has 0 unspecified atom stereocenters. The summed E-state index contributed by atoms with van der Waals surface area (Å²) in [6.45, 7) is 8.10. The van der Waals surface area contributed by atoms with E-state index in [1.165, 1.54) is 0 Å². The maximum Gasteiger partial charge on any atom is 0.236 e. The lowest BCUT2D eigenvalue weighted by molar-refractivity contribution is -0.134. The molecule has 1 saturated heterocycles. The van der Waals surface area contributed by atoms with Gasteiger partial charge in [-0.2, -0.15) is 0 Å². The van der Waals surface area contributed by atoms with Gasteiger partial charge in [-0.1, -0.05) is 13.8 Å². The Balaban J connectivity index is 2.20. The van der Waals surface area contributed by atoms with Gasteiger partial charge in [-0.3, -0.25) is 9.59 Å². The molecule has 5 heteroatoms. The predicted molar refractivity (Wildman–Crippen MR) is 61.9 cm³/mol. The molecule has 1 rings (SSSR count). The fraction of sp³-hybridized carbons (Fsp3) is 0.818. The summed E-state index contributed by atoms with van der Waals surface area (Å²) < 4.78 is 0. The van der Waals surface area contributed by atoms with Crippen molar-refractivity contribution in [2.75, 3.05) is 39.3 Å². The number of hydrogen-bond acceptors (Lipinski definition) is 3. The van der Waals surface area contributed by atoms with Crippen LogP contribution in [0.5, 0.6) is 0 Å². The monoisotopic (exact) mass is 227 g/mol. The molecular weight excluding hydrogens is 206 g/mol. The summed E-state index contributed by atoms with van der Waals surface area (Å²) in [7, 11) is 0. The fourth-order valence-corrected chi connectivity index (χ4v) is 1.66. The standard InChI is InChI=1S/C11H21N3O2/c1-10(2)7-12-8-11(16)14-5-3-13(9-15)4-6-14/h9-10,12H,3-8H2,1-2H3. The molecule has 0 atom stereocenters. The molecule has 92 valence electrons. The molecule has 16 heavy (non-hydrogen) atoms.